The van der Waals surface area contributed by atoms with Crippen LogP contribution in [0, 0.1) is 10.1 Å². The molecule has 130 valence electrons. The fourth-order valence-corrected chi connectivity index (χ4v) is 3.25. The minimum absolute atomic E-state index is 0.271. The van der Waals surface area contributed by atoms with Crippen LogP contribution in [0.15, 0.2) is 66.8 Å². The lowest BCUT2D eigenvalue weighted by atomic mass is 10.2. The van der Waals surface area contributed by atoms with Crippen LogP contribution in [0.25, 0.3) is 22.4 Å². The molecule has 8 nitrogen and oxygen atoms in total. The molecule has 0 saturated carbocycles. The van der Waals surface area contributed by atoms with Crippen molar-refractivity contribution in [2.24, 2.45) is 10.1 Å². The van der Waals surface area contributed by atoms with Crippen LogP contribution in [0.3, 0.4) is 0 Å². The molecule has 0 aliphatic heterocycles. The van der Waals surface area contributed by atoms with Gasteiger partial charge in [-0.05, 0) is 18.2 Å². The van der Waals surface area contributed by atoms with Crippen molar-refractivity contribution in [2.45, 2.75) is 0 Å². The first-order chi connectivity index (χ1) is 12.7. The fourth-order valence-electron chi connectivity index (χ4n) is 2.47. The smallest absolute Gasteiger partial charge is 0.433 e. The van der Waals surface area contributed by atoms with Crippen LogP contribution >= 0.6 is 11.3 Å². The molecule has 0 N–H and O–H groups in total. The average molecular weight is 368 g/mol. The summed E-state index contributed by atoms with van der Waals surface area (Å²) in [4.78, 5) is 15.0. The molecule has 0 saturated heterocycles. The Morgan fingerprint density at radius 1 is 1.23 bits per heavy atom. The van der Waals surface area contributed by atoms with Gasteiger partial charge >= 0.3 is 5.88 Å². The first-order valence-electron chi connectivity index (χ1n) is 7.56. The number of rotatable bonds is 4. The lowest BCUT2D eigenvalue weighted by molar-refractivity contribution is -0.402. The summed E-state index contributed by atoms with van der Waals surface area (Å²) in [7, 11) is 1.66. The molecule has 3 aromatic heterocycles. The molecule has 0 fully saturated rings. The highest BCUT2D eigenvalue weighted by molar-refractivity contribution is 7.07. The Labute approximate surface area is 150 Å². The van der Waals surface area contributed by atoms with E-state index >= 15 is 0 Å². The van der Waals surface area contributed by atoms with Gasteiger partial charge < -0.3 is 8.83 Å². The van der Waals surface area contributed by atoms with E-state index in [0.29, 0.717) is 10.6 Å². The van der Waals surface area contributed by atoms with Crippen molar-refractivity contribution in [3.05, 3.63) is 68.5 Å². The summed E-state index contributed by atoms with van der Waals surface area (Å²) in [5, 5.41) is 17.9. The summed E-state index contributed by atoms with van der Waals surface area (Å²) in [5.41, 5.74) is 1.50. The molecule has 3 heterocycles. The van der Waals surface area contributed by atoms with Gasteiger partial charge in [-0.2, -0.15) is 5.10 Å². The van der Waals surface area contributed by atoms with Crippen molar-refractivity contribution in [1.82, 2.24) is 4.68 Å². The second kappa shape index (κ2) is 6.45. The third kappa shape index (κ3) is 2.84. The Morgan fingerprint density at radius 3 is 2.81 bits per heavy atom. The molecular formula is C17H12N4O4S. The van der Waals surface area contributed by atoms with E-state index in [-0.39, 0.29) is 11.6 Å². The van der Waals surface area contributed by atoms with Gasteiger partial charge in [0, 0.05) is 17.8 Å². The second-order valence-corrected chi connectivity index (χ2v) is 6.10. The molecule has 4 rings (SSSR count). The summed E-state index contributed by atoms with van der Waals surface area (Å²) in [6.07, 6.45) is 1.40. The third-order valence-corrected chi connectivity index (χ3v) is 4.56. The first kappa shape index (κ1) is 16.0. The van der Waals surface area contributed by atoms with Crippen molar-refractivity contribution in [3.63, 3.8) is 0 Å². The average Bonchev–Trinajstić information content (AvgIpc) is 3.36. The van der Waals surface area contributed by atoms with Crippen molar-refractivity contribution in [2.75, 3.05) is 7.05 Å². The SMILES string of the molecule is CN=c1scc(-c2cc3ccccc3o2)n1N=Cc1ccc([N+](=O)[O-])o1. The summed E-state index contributed by atoms with van der Waals surface area (Å²) in [6, 6.07) is 12.4. The number of nitro groups is 1. The van der Waals surface area contributed by atoms with Crippen LogP contribution < -0.4 is 4.80 Å². The monoisotopic (exact) mass is 368 g/mol. The van der Waals surface area contributed by atoms with Crippen LogP contribution in [-0.2, 0) is 0 Å². The van der Waals surface area contributed by atoms with Gasteiger partial charge in [-0.1, -0.05) is 18.2 Å². The number of para-hydroxylation sites is 1. The maximum absolute atomic E-state index is 10.7. The standard InChI is InChI=1S/C17H12N4O4S/c1-18-17-20(19-9-12-6-7-16(24-12)21(22)23)13(10-26-17)15-8-11-4-2-3-5-14(11)25-15/h2-10H,1H3. The van der Waals surface area contributed by atoms with Crippen LogP contribution in [0.1, 0.15) is 5.76 Å². The van der Waals surface area contributed by atoms with E-state index in [9.17, 15) is 10.1 Å². The van der Waals surface area contributed by atoms with E-state index < -0.39 is 4.92 Å². The molecule has 0 unspecified atom stereocenters. The largest absolute Gasteiger partial charge is 0.454 e. The summed E-state index contributed by atoms with van der Waals surface area (Å²) in [6.45, 7) is 0. The second-order valence-electron chi connectivity index (χ2n) is 5.27. The number of hydrogen-bond acceptors (Lipinski definition) is 7. The Hall–Kier alpha value is -3.46. The molecule has 0 radical (unpaired) electrons. The zero-order chi connectivity index (χ0) is 18.1. The predicted molar refractivity (Wildman–Crippen MR) is 97.4 cm³/mol. The zero-order valence-electron chi connectivity index (χ0n) is 13.5. The van der Waals surface area contributed by atoms with Gasteiger partial charge in [0.15, 0.2) is 11.5 Å². The minimum Gasteiger partial charge on any atom is -0.454 e. The maximum atomic E-state index is 10.7. The van der Waals surface area contributed by atoms with Gasteiger partial charge in [0.25, 0.3) is 0 Å². The number of thiazole rings is 1. The highest BCUT2D eigenvalue weighted by Gasteiger charge is 2.13. The third-order valence-electron chi connectivity index (χ3n) is 3.65. The molecule has 1 aromatic carbocycles. The molecule has 9 heteroatoms. The highest BCUT2D eigenvalue weighted by atomic mass is 32.1. The number of hydrogen-bond donors (Lipinski definition) is 0. The Balaban J connectivity index is 1.77. The maximum Gasteiger partial charge on any atom is 0.433 e. The van der Waals surface area contributed by atoms with E-state index in [1.165, 1.54) is 29.7 Å². The highest BCUT2D eigenvalue weighted by Crippen LogP contribution is 2.28. The van der Waals surface area contributed by atoms with Crippen molar-refractivity contribution in [3.8, 4) is 11.5 Å². The number of furan rings is 2. The molecule has 0 aliphatic carbocycles. The van der Waals surface area contributed by atoms with E-state index in [4.69, 9.17) is 8.83 Å². The van der Waals surface area contributed by atoms with Crippen molar-refractivity contribution in [1.29, 1.82) is 0 Å². The molecule has 0 atom stereocenters. The van der Waals surface area contributed by atoms with Crippen LogP contribution in [0.5, 0.6) is 0 Å². The van der Waals surface area contributed by atoms with Gasteiger partial charge in [0.05, 0.1) is 12.3 Å². The molecule has 0 bridgehead atoms. The lowest BCUT2D eigenvalue weighted by Crippen LogP contribution is -2.11. The topological polar surface area (TPSA) is 99.1 Å². The van der Waals surface area contributed by atoms with E-state index in [0.717, 1.165) is 16.7 Å². The van der Waals surface area contributed by atoms with Crippen molar-refractivity contribution < 1.29 is 13.8 Å². The molecule has 4 aromatic rings. The molecule has 0 spiro atoms. The molecule has 26 heavy (non-hydrogen) atoms. The normalized spacial score (nSPS) is 12.4. The van der Waals surface area contributed by atoms with Gasteiger partial charge in [-0.3, -0.25) is 15.1 Å². The van der Waals surface area contributed by atoms with E-state index in [1.807, 2.05) is 35.7 Å². The summed E-state index contributed by atoms with van der Waals surface area (Å²) in [5.74, 6) is 0.590. The Bertz CT molecular complexity index is 1160. The molecule has 0 amide bonds. The fraction of sp³-hybridized carbons (Fsp3) is 0.0588. The van der Waals surface area contributed by atoms with Gasteiger partial charge in [-0.25, -0.2) is 4.68 Å². The zero-order valence-corrected chi connectivity index (χ0v) is 14.3. The van der Waals surface area contributed by atoms with Crippen LogP contribution in [0.4, 0.5) is 5.88 Å². The number of benzene rings is 1. The van der Waals surface area contributed by atoms with E-state index in [1.54, 1.807) is 11.7 Å². The first-order valence-corrected chi connectivity index (χ1v) is 8.44. The quantitative estimate of drug-likeness (QED) is 0.310. The number of aromatic nitrogens is 1. The minimum atomic E-state index is -0.596. The Morgan fingerprint density at radius 2 is 2.08 bits per heavy atom. The number of fused-ring (bicyclic) bond motifs is 1. The van der Waals surface area contributed by atoms with Gasteiger partial charge in [0.1, 0.15) is 16.2 Å². The van der Waals surface area contributed by atoms with Crippen LogP contribution in [0.2, 0.25) is 0 Å². The molecule has 0 aliphatic rings. The van der Waals surface area contributed by atoms with Gasteiger partial charge in [-0.15, -0.1) is 11.3 Å². The predicted octanol–water partition coefficient (Wildman–Crippen LogP) is 3.88. The van der Waals surface area contributed by atoms with Crippen LogP contribution in [-0.4, -0.2) is 22.9 Å². The Kier molecular flexibility index (Phi) is 3.98. The lowest BCUT2D eigenvalue weighted by Gasteiger charge is -1.99. The summed E-state index contributed by atoms with van der Waals surface area (Å²) < 4.78 is 12.6. The van der Waals surface area contributed by atoms with Gasteiger partial charge in [0.2, 0.25) is 4.80 Å². The number of nitrogens with zero attached hydrogens (tertiary/aromatic N) is 4. The van der Waals surface area contributed by atoms with Crippen molar-refractivity contribution >= 4 is 34.4 Å². The van der Waals surface area contributed by atoms with E-state index in [2.05, 4.69) is 10.1 Å². The summed E-state index contributed by atoms with van der Waals surface area (Å²) >= 11 is 1.41. The molecular weight excluding hydrogens is 356 g/mol.